The molecule has 0 bridgehead atoms. The molecular formula is C28H34ClNO12. The van der Waals surface area contributed by atoms with E-state index in [4.69, 9.17) is 55.7 Å². The first kappa shape index (κ1) is 32.7. The highest BCUT2D eigenvalue weighted by atomic mass is 35.5. The van der Waals surface area contributed by atoms with Crippen molar-refractivity contribution in [3.8, 4) is 23.0 Å². The van der Waals surface area contributed by atoms with E-state index in [1.54, 1.807) is 14.2 Å². The van der Waals surface area contributed by atoms with Crippen molar-refractivity contribution in [2.75, 3.05) is 34.2 Å². The summed E-state index contributed by atoms with van der Waals surface area (Å²) < 4.78 is 27.6. The summed E-state index contributed by atoms with van der Waals surface area (Å²) in [7, 11) is 3.29. The largest absolute Gasteiger partial charge is 0.493 e. The van der Waals surface area contributed by atoms with Crippen molar-refractivity contribution in [3.63, 3.8) is 0 Å². The van der Waals surface area contributed by atoms with Gasteiger partial charge in [-0.2, -0.15) is 0 Å². The van der Waals surface area contributed by atoms with Crippen LogP contribution in [0.2, 0.25) is 5.02 Å². The third kappa shape index (κ3) is 9.11. The molecule has 0 aliphatic carbocycles. The quantitative estimate of drug-likeness (QED) is 0.260. The van der Waals surface area contributed by atoms with Crippen LogP contribution < -0.4 is 18.9 Å². The Kier molecular flexibility index (Phi) is 11.6. The lowest BCUT2D eigenvalue weighted by atomic mass is 9.96. The van der Waals surface area contributed by atoms with Crippen molar-refractivity contribution in [1.29, 1.82) is 0 Å². The van der Waals surface area contributed by atoms with Crippen LogP contribution in [0.4, 0.5) is 0 Å². The summed E-state index contributed by atoms with van der Waals surface area (Å²) in [6.45, 7) is 3.33. The van der Waals surface area contributed by atoms with Crippen LogP contribution in [0.1, 0.15) is 36.8 Å². The van der Waals surface area contributed by atoms with Crippen LogP contribution in [-0.2, 0) is 32.2 Å². The van der Waals surface area contributed by atoms with Crippen molar-refractivity contribution in [3.05, 3.63) is 46.5 Å². The van der Waals surface area contributed by atoms with Gasteiger partial charge in [0.1, 0.15) is 0 Å². The molecule has 2 heterocycles. The molecule has 2 aromatic carbocycles. The van der Waals surface area contributed by atoms with E-state index in [0.29, 0.717) is 17.3 Å². The van der Waals surface area contributed by atoms with Gasteiger partial charge in [-0.3, -0.25) is 14.5 Å². The van der Waals surface area contributed by atoms with Gasteiger partial charge in [-0.25, -0.2) is 4.79 Å². The van der Waals surface area contributed by atoms with E-state index in [2.05, 4.69) is 11.0 Å². The molecule has 1 unspecified atom stereocenters. The normalized spacial score (nSPS) is 15.6. The third-order valence-electron chi connectivity index (χ3n) is 6.56. The first-order chi connectivity index (χ1) is 19.9. The molecule has 1 saturated heterocycles. The maximum absolute atomic E-state index is 10.3. The lowest BCUT2D eigenvalue weighted by molar-refractivity contribution is -0.170. The Bertz CT molecular complexity index is 1250. The van der Waals surface area contributed by atoms with E-state index in [9.17, 15) is 14.4 Å². The molecule has 13 nitrogen and oxygen atoms in total. The number of benzene rings is 2. The Morgan fingerprint density at radius 1 is 0.976 bits per heavy atom. The molecule has 0 radical (unpaired) electrons. The van der Waals surface area contributed by atoms with E-state index in [1.165, 1.54) is 0 Å². The predicted molar refractivity (Wildman–Crippen MR) is 147 cm³/mol. The Morgan fingerprint density at radius 3 is 2.17 bits per heavy atom. The van der Waals surface area contributed by atoms with Crippen molar-refractivity contribution < 1.29 is 58.5 Å². The van der Waals surface area contributed by atoms with E-state index >= 15 is 0 Å². The van der Waals surface area contributed by atoms with Crippen molar-refractivity contribution in [2.45, 2.75) is 50.5 Å². The molecule has 42 heavy (non-hydrogen) atoms. The number of fused-ring (bicyclic) bond motifs is 1. The van der Waals surface area contributed by atoms with Gasteiger partial charge in [-0.05, 0) is 42.2 Å². The number of halogens is 1. The minimum absolute atomic E-state index is 0.236. The standard InChI is InChI=1S/C22H26ClNO5.C6H8O7/c1-25-19-6-5-15(8-20(19)26-2)11-24(13-17-4-3-7-27-17)12-16-9-21-22(10-18(16)23)29-14-28-21;7-3(8)1-6(13,5(11)12)2-4(9)10/h5-6,8-10,17H,3-4,7,11-14H2,1-2H3;13H,1-2H2,(H,7,8)(H,9,10)(H,11,12). The number of carboxylic acid groups (broad SMARTS) is 3. The molecule has 0 amide bonds. The first-order valence-electron chi connectivity index (χ1n) is 13.0. The van der Waals surface area contributed by atoms with Crippen molar-refractivity contribution in [1.82, 2.24) is 4.90 Å². The van der Waals surface area contributed by atoms with E-state index in [1.807, 2.05) is 24.3 Å². The summed E-state index contributed by atoms with van der Waals surface area (Å²) in [5, 5.41) is 34.5. The lowest BCUT2D eigenvalue weighted by Gasteiger charge is -2.26. The van der Waals surface area contributed by atoms with Crippen LogP contribution in [0.15, 0.2) is 30.3 Å². The number of methoxy groups -OCH3 is 2. The zero-order valence-electron chi connectivity index (χ0n) is 23.2. The average Bonchev–Trinajstić information content (AvgIpc) is 3.60. The number of hydrogen-bond acceptors (Lipinski definition) is 10. The van der Waals surface area contributed by atoms with Crippen LogP contribution in [-0.4, -0.2) is 89.1 Å². The molecule has 4 rings (SSSR count). The Labute approximate surface area is 247 Å². The van der Waals surface area contributed by atoms with Gasteiger partial charge in [-0.1, -0.05) is 17.7 Å². The number of nitrogens with zero attached hydrogens (tertiary/aromatic N) is 1. The minimum atomic E-state index is -2.74. The highest BCUT2D eigenvalue weighted by molar-refractivity contribution is 6.31. The fourth-order valence-electron chi connectivity index (χ4n) is 4.53. The second-order valence-electron chi connectivity index (χ2n) is 9.77. The molecule has 2 aromatic rings. The zero-order chi connectivity index (χ0) is 30.9. The zero-order valence-corrected chi connectivity index (χ0v) is 24.0. The molecule has 2 aliphatic rings. The summed E-state index contributed by atoms with van der Waals surface area (Å²) in [5.74, 6) is -2.13. The number of carbonyl (C=O) groups is 3. The second-order valence-corrected chi connectivity index (χ2v) is 10.2. The number of aliphatic carboxylic acids is 3. The highest BCUT2D eigenvalue weighted by Gasteiger charge is 2.40. The molecule has 4 N–H and O–H groups in total. The Balaban J connectivity index is 0.000000316. The summed E-state index contributed by atoms with van der Waals surface area (Å²) in [6.07, 6.45) is 0.142. The van der Waals surface area contributed by atoms with Crippen LogP contribution in [0.3, 0.4) is 0 Å². The van der Waals surface area contributed by atoms with Gasteiger partial charge in [0.2, 0.25) is 6.79 Å². The maximum Gasteiger partial charge on any atom is 0.336 e. The van der Waals surface area contributed by atoms with Crippen LogP contribution in [0, 0.1) is 0 Å². The molecule has 0 spiro atoms. The fraction of sp³-hybridized carbons (Fsp3) is 0.464. The number of hydrogen-bond donors (Lipinski definition) is 4. The monoisotopic (exact) mass is 611 g/mol. The van der Waals surface area contributed by atoms with E-state index in [-0.39, 0.29) is 12.9 Å². The van der Waals surface area contributed by atoms with Gasteiger partial charge in [-0.15, -0.1) is 0 Å². The second kappa shape index (κ2) is 14.9. The predicted octanol–water partition coefficient (Wildman–Crippen LogP) is 3.02. The molecule has 14 heteroatoms. The number of aliphatic hydroxyl groups is 1. The van der Waals surface area contributed by atoms with E-state index < -0.39 is 36.4 Å². The number of carboxylic acids is 3. The Hall–Kier alpha value is -3.78. The van der Waals surface area contributed by atoms with Gasteiger partial charge < -0.3 is 44.1 Å². The van der Waals surface area contributed by atoms with Crippen LogP contribution in [0.25, 0.3) is 0 Å². The maximum atomic E-state index is 10.3. The van der Waals surface area contributed by atoms with E-state index in [0.717, 1.165) is 60.9 Å². The number of ether oxygens (including phenoxy) is 5. The summed E-state index contributed by atoms with van der Waals surface area (Å²) in [4.78, 5) is 32.8. The lowest BCUT2D eigenvalue weighted by Crippen LogP contribution is -2.42. The fourth-order valence-corrected chi connectivity index (χ4v) is 4.75. The molecule has 230 valence electrons. The summed E-state index contributed by atoms with van der Waals surface area (Å²) in [6, 6.07) is 9.82. The topological polar surface area (TPSA) is 182 Å². The van der Waals surface area contributed by atoms with Gasteiger partial charge in [0, 0.05) is 37.3 Å². The van der Waals surface area contributed by atoms with Gasteiger partial charge in [0.25, 0.3) is 0 Å². The van der Waals surface area contributed by atoms with Crippen LogP contribution in [0.5, 0.6) is 23.0 Å². The van der Waals surface area contributed by atoms with Crippen molar-refractivity contribution in [2.24, 2.45) is 0 Å². The molecule has 1 fully saturated rings. The summed E-state index contributed by atoms with van der Waals surface area (Å²) >= 11 is 6.53. The number of rotatable bonds is 13. The van der Waals surface area contributed by atoms with Gasteiger partial charge in [0.15, 0.2) is 28.6 Å². The smallest absolute Gasteiger partial charge is 0.336 e. The molecular weight excluding hydrogens is 578 g/mol. The van der Waals surface area contributed by atoms with Crippen molar-refractivity contribution >= 4 is 29.5 Å². The van der Waals surface area contributed by atoms with Gasteiger partial charge >= 0.3 is 17.9 Å². The first-order valence-corrected chi connectivity index (χ1v) is 13.3. The molecule has 0 saturated carbocycles. The average molecular weight is 612 g/mol. The molecule has 2 aliphatic heterocycles. The van der Waals surface area contributed by atoms with Crippen LogP contribution >= 0.6 is 11.6 Å². The minimum Gasteiger partial charge on any atom is -0.493 e. The van der Waals surface area contributed by atoms with Gasteiger partial charge in [0.05, 0.1) is 33.2 Å². The summed E-state index contributed by atoms with van der Waals surface area (Å²) in [5.41, 5.74) is -0.593. The third-order valence-corrected chi connectivity index (χ3v) is 6.91. The highest BCUT2D eigenvalue weighted by Crippen LogP contribution is 2.37. The SMILES string of the molecule is COc1ccc(CN(Cc2cc3c(cc2Cl)OCO3)CC2CCCO2)cc1OC.O=C(O)CC(O)(CC(=O)O)C(=O)O. The molecule has 1 atom stereocenters. The Morgan fingerprint density at radius 2 is 1.62 bits per heavy atom. The molecule has 0 aromatic heterocycles.